The molecular formula is C9H11NO. The van der Waals surface area contributed by atoms with Crippen molar-refractivity contribution in [2.24, 2.45) is 5.92 Å². The summed E-state index contributed by atoms with van der Waals surface area (Å²) >= 11 is 0. The van der Waals surface area contributed by atoms with Crippen molar-refractivity contribution >= 4 is 5.91 Å². The summed E-state index contributed by atoms with van der Waals surface area (Å²) in [6, 6.07) is 0.283. The molecule has 2 nitrogen and oxygen atoms in total. The van der Waals surface area contributed by atoms with Crippen molar-refractivity contribution in [3.63, 3.8) is 0 Å². The number of hydrogen-bond acceptors (Lipinski definition) is 1. The maximum Gasteiger partial charge on any atom is 0.247 e. The maximum atomic E-state index is 11.2. The number of nitrogens with one attached hydrogen (secondary N) is 1. The monoisotopic (exact) mass is 149 g/mol. The van der Waals surface area contributed by atoms with Crippen LogP contribution in [0.2, 0.25) is 0 Å². The average molecular weight is 149 g/mol. The summed E-state index contributed by atoms with van der Waals surface area (Å²) in [6.07, 6.45) is 7.16. The second-order valence-electron chi connectivity index (χ2n) is 3.11. The lowest BCUT2D eigenvalue weighted by atomic mass is 9.92. The van der Waals surface area contributed by atoms with Crippen molar-refractivity contribution in [1.29, 1.82) is 0 Å². The molecule has 2 aliphatic rings. The van der Waals surface area contributed by atoms with Gasteiger partial charge < -0.3 is 5.32 Å². The van der Waals surface area contributed by atoms with Crippen molar-refractivity contribution < 1.29 is 4.79 Å². The molecule has 0 spiro atoms. The van der Waals surface area contributed by atoms with E-state index in [0.29, 0.717) is 5.92 Å². The second-order valence-corrected chi connectivity index (χ2v) is 3.11. The molecule has 1 aliphatic carbocycles. The molecule has 1 N–H and O–H groups in total. The number of carbonyl (C=O) groups excluding carboxylic acids is 1. The summed E-state index contributed by atoms with van der Waals surface area (Å²) in [4.78, 5) is 11.2. The number of rotatable bonds is 0. The SMILES string of the molecule is CC1NC(=O)C2=CCC=C[C@H]21. The quantitative estimate of drug-likeness (QED) is 0.512. The van der Waals surface area contributed by atoms with Crippen LogP contribution in [0.15, 0.2) is 23.8 Å². The number of carbonyl (C=O) groups is 1. The van der Waals surface area contributed by atoms with Crippen LogP contribution in [0.4, 0.5) is 0 Å². The molecule has 1 amide bonds. The van der Waals surface area contributed by atoms with Gasteiger partial charge in [-0.05, 0) is 13.3 Å². The van der Waals surface area contributed by atoms with Crippen molar-refractivity contribution in [1.82, 2.24) is 5.32 Å². The molecule has 0 radical (unpaired) electrons. The van der Waals surface area contributed by atoms with E-state index < -0.39 is 0 Å². The van der Waals surface area contributed by atoms with Crippen LogP contribution in [-0.2, 0) is 4.79 Å². The molecule has 1 unspecified atom stereocenters. The predicted molar refractivity (Wildman–Crippen MR) is 42.9 cm³/mol. The summed E-state index contributed by atoms with van der Waals surface area (Å²) < 4.78 is 0. The Morgan fingerprint density at radius 2 is 2.45 bits per heavy atom. The van der Waals surface area contributed by atoms with Crippen LogP contribution < -0.4 is 5.32 Å². The normalized spacial score (nSPS) is 34.6. The molecule has 11 heavy (non-hydrogen) atoms. The van der Waals surface area contributed by atoms with Gasteiger partial charge in [-0.15, -0.1) is 0 Å². The van der Waals surface area contributed by atoms with Gasteiger partial charge in [-0.3, -0.25) is 4.79 Å². The van der Waals surface area contributed by atoms with Crippen LogP contribution in [-0.4, -0.2) is 11.9 Å². The fraction of sp³-hybridized carbons (Fsp3) is 0.444. The lowest BCUT2D eigenvalue weighted by Gasteiger charge is -2.12. The third-order valence-corrected chi connectivity index (χ3v) is 2.34. The molecule has 0 aromatic heterocycles. The third-order valence-electron chi connectivity index (χ3n) is 2.34. The van der Waals surface area contributed by atoms with Crippen molar-refractivity contribution in [3.8, 4) is 0 Å². The highest BCUT2D eigenvalue weighted by atomic mass is 16.2. The third kappa shape index (κ3) is 0.897. The van der Waals surface area contributed by atoms with E-state index in [1.165, 1.54) is 0 Å². The van der Waals surface area contributed by atoms with Gasteiger partial charge >= 0.3 is 0 Å². The first-order valence-electron chi connectivity index (χ1n) is 3.96. The molecule has 1 aliphatic heterocycles. The molecule has 2 heteroatoms. The minimum absolute atomic E-state index is 0.117. The highest BCUT2D eigenvalue weighted by molar-refractivity contribution is 5.97. The van der Waals surface area contributed by atoms with E-state index in [-0.39, 0.29) is 11.9 Å². The van der Waals surface area contributed by atoms with Crippen LogP contribution >= 0.6 is 0 Å². The summed E-state index contributed by atoms with van der Waals surface area (Å²) in [5.74, 6) is 0.447. The summed E-state index contributed by atoms with van der Waals surface area (Å²) in [5, 5.41) is 2.90. The minimum atomic E-state index is 0.117. The highest BCUT2D eigenvalue weighted by Gasteiger charge is 2.32. The van der Waals surface area contributed by atoms with Gasteiger partial charge in [0.05, 0.1) is 0 Å². The van der Waals surface area contributed by atoms with Gasteiger partial charge in [-0.25, -0.2) is 0 Å². The Kier molecular flexibility index (Phi) is 1.34. The van der Waals surface area contributed by atoms with Crippen LogP contribution in [0.5, 0.6) is 0 Å². The van der Waals surface area contributed by atoms with Crippen LogP contribution in [0.25, 0.3) is 0 Å². The number of hydrogen-bond donors (Lipinski definition) is 1. The first-order chi connectivity index (χ1) is 5.29. The molecule has 58 valence electrons. The van der Waals surface area contributed by atoms with E-state index in [4.69, 9.17) is 0 Å². The lowest BCUT2D eigenvalue weighted by molar-refractivity contribution is -0.116. The lowest BCUT2D eigenvalue weighted by Crippen LogP contribution is -2.24. The smallest absolute Gasteiger partial charge is 0.247 e. The standard InChI is InChI=1S/C9H11NO/c1-6-7-4-2-3-5-8(7)9(11)10-6/h2,4-7H,3H2,1H3,(H,10,11)/t6?,7-/m0/s1. The van der Waals surface area contributed by atoms with Gasteiger partial charge in [0.1, 0.15) is 0 Å². The molecule has 2 rings (SSSR count). The Bertz CT molecular complexity index is 252. The van der Waals surface area contributed by atoms with Gasteiger partial charge in [-0.1, -0.05) is 18.2 Å². The first-order valence-corrected chi connectivity index (χ1v) is 3.96. The Morgan fingerprint density at radius 3 is 3.18 bits per heavy atom. The average Bonchev–Trinajstić information content (AvgIpc) is 2.30. The predicted octanol–water partition coefficient (Wildman–Crippen LogP) is 1.01. The fourth-order valence-electron chi connectivity index (χ4n) is 1.72. The number of fused-ring (bicyclic) bond motifs is 1. The molecule has 0 bridgehead atoms. The molecule has 2 atom stereocenters. The van der Waals surface area contributed by atoms with Crippen LogP contribution in [0.1, 0.15) is 13.3 Å². The van der Waals surface area contributed by atoms with Gasteiger partial charge in [0, 0.05) is 17.5 Å². The highest BCUT2D eigenvalue weighted by Crippen LogP contribution is 2.27. The zero-order chi connectivity index (χ0) is 7.84. The molecule has 1 fully saturated rings. The minimum Gasteiger partial charge on any atom is -0.349 e. The topological polar surface area (TPSA) is 29.1 Å². The van der Waals surface area contributed by atoms with Crippen LogP contribution in [0, 0.1) is 5.92 Å². The zero-order valence-corrected chi connectivity index (χ0v) is 6.50. The Balaban J connectivity index is 2.34. The van der Waals surface area contributed by atoms with E-state index in [0.717, 1.165) is 12.0 Å². The van der Waals surface area contributed by atoms with Gasteiger partial charge in [-0.2, -0.15) is 0 Å². The molecule has 0 aromatic carbocycles. The number of allylic oxidation sites excluding steroid dienone is 2. The zero-order valence-electron chi connectivity index (χ0n) is 6.50. The van der Waals surface area contributed by atoms with Crippen LogP contribution in [0.3, 0.4) is 0 Å². The van der Waals surface area contributed by atoms with Gasteiger partial charge in [0.25, 0.3) is 0 Å². The molecule has 0 aromatic rings. The van der Waals surface area contributed by atoms with E-state index in [1.54, 1.807) is 0 Å². The molecular weight excluding hydrogens is 138 g/mol. The van der Waals surface area contributed by atoms with E-state index in [2.05, 4.69) is 17.5 Å². The second kappa shape index (κ2) is 2.22. The molecule has 0 saturated carbocycles. The molecule has 1 heterocycles. The van der Waals surface area contributed by atoms with Gasteiger partial charge in [0.2, 0.25) is 5.91 Å². The largest absolute Gasteiger partial charge is 0.349 e. The maximum absolute atomic E-state index is 11.2. The molecule has 1 saturated heterocycles. The van der Waals surface area contributed by atoms with Crippen molar-refractivity contribution in [2.45, 2.75) is 19.4 Å². The van der Waals surface area contributed by atoms with Crippen molar-refractivity contribution in [3.05, 3.63) is 23.8 Å². The van der Waals surface area contributed by atoms with E-state index in [9.17, 15) is 4.79 Å². The number of amides is 1. The summed E-state index contributed by atoms with van der Waals surface area (Å²) in [6.45, 7) is 2.04. The van der Waals surface area contributed by atoms with E-state index >= 15 is 0 Å². The Hall–Kier alpha value is -1.05. The van der Waals surface area contributed by atoms with E-state index in [1.807, 2.05) is 13.0 Å². The first kappa shape index (κ1) is 6.65. The Morgan fingerprint density at radius 1 is 1.64 bits per heavy atom. The fourth-order valence-corrected chi connectivity index (χ4v) is 1.72. The summed E-state index contributed by atoms with van der Waals surface area (Å²) in [7, 11) is 0. The Labute approximate surface area is 66.0 Å². The summed E-state index contributed by atoms with van der Waals surface area (Å²) in [5.41, 5.74) is 0.958. The van der Waals surface area contributed by atoms with Crippen molar-refractivity contribution in [2.75, 3.05) is 0 Å². The van der Waals surface area contributed by atoms with Gasteiger partial charge in [0.15, 0.2) is 0 Å².